The van der Waals surface area contributed by atoms with E-state index < -0.39 is 5.60 Å². The molecule has 4 rings (SSSR count). The molecule has 0 radical (unpaired) electrons. The molecule has 0 bridgehead atoms. The van der Waals surface area contributed by atoms with E-state index >= 15 is 0 Å². The molecule has 2 heteroatoms. The molecule has 1 N–H and O–H groups in total. The summed E-state index contributed by atoms with van der Waals surface area (Å²) in [7, 11) is 2.13. The first-order chi connectivity index (χ1) is 11.2. The van der Waals surface area contributed by atoms with Gasteiger partial charge in [-0.1, -0.05) is 48.5 Å². The van der Waals surface area contributed by atoms with Crippen LogP contribution >= 0.6 is 0 Å². The van der Waals surface area contributed by atoms with Crippen molar-refractivity contribution in [3.63, 3.8) is 0 Å². The highest BCUT2D eigenvalue weighted by atomic mass is 16.3. The van der Waals surface area contributed by atoms with Crippen molar-refractivity contribution in [1.82, 2.24) is 4.90 Å². The van der Waals surface area contributed by atoms with Crippen LogP contribution in [-0.4, -0.2) is 35.7 Å². The molecule has 0 aromatic heterocycles. The molecule has 0 amide bonds. The van der Waals surface area contributed by atoms with Gasteiger partial charge in [0.2, 0.25) is 0 Å². The minimum Gasteiger partial charge on any atom is -0.385 e. The van der Waals surface area contributed by atoms with Gasteiger partial charge < -0.3 is 10.0 Å². The Morgan fingerprint density at radius 3 is 2.35 bits per heavy atom. The molecule has 0 unspecified atom stereocenters. The molecule has 1 heterocycles. The highest BCUT2D eigenvalue weighted by molar-refractivity contribution is 5.89. The molecule has 118 valence electrons. The average molecular weight is 305 g/mol. The molecule has 1 aliphatic carbocycles. The molecule has 1 saturated heterocycles. The zero-order valence-electron chi connectivity index (χ0n) is 13.6. The standard InChI is InChI=1S/C21H23NO/c1-22-12-10-21(23,11-13-22)20-15-17-7-3-2-6-16(17)14-18-8-4-5-9-19(18)20/h2-9,15,23H,10-14H2,1H3. The number of likely N-dealkylation sites (tertiary alicyclic amines) is 1. The Morgan fingerprint density at radius 2 is 1.57 bits per heavy atom. The summed E-state index contributed by atoms with van der Waals surface area (Å²) in [6.07, 6.45) is 4.76. The van der Waals surface area contributed by atoms with Crippen LogP contribution in [0.5, 0.6) is 0 Å². The predicted octanol–water partition coefficient (Wildman–Crippen LogP) is 3.59. The molecule has 2 nitrogen and oxygen atoms in total. The minimum absolute atomic E-state index is 0.722. The lowest BCUT2D eigenvalue weighted by molar-refractivity contribution is 0.0359. The molecule has 0 spiro atoms. The first-order valence-electron chi connectivity index (χ1n) is 8.45. The lowest BCUT2D eigenvalue weighted by atomic mass is 9.79. The van der Waals surface area contributed by atoms with Crippen molar-refractivity contribution < 1.29 is 5.11 Å². The summed E-state index contributed by atoms with van der Waals surface area (Å²) < 4.78 is 0. The van der Waals surface area contributed by atoms with Gasteiger partial charge in [0.25, 0.3) is 0 Å². The van der Waals surface area contributed by atoms with Crippen molar-refractivity contribution >= 4 is 11.6 Å². The maximum absolute atomic E-state index is 11.4. The summed E-state index contributed by atoms with van der Waals surface area (Å²) in [5.41, 5.74) is 5.50. The first kappa shape index (κ1) is 14.7. The second-order valence-corrected chi connectivity index (χ2v) is 6.93. The van der Waals surface area contributed by atoms with E-state index in [0.29, 0.717) is 0 Å². The van der Waals surface area contributed by atoms with E-state index in [-0.39, 0.29) is 0 Å². The van der Waals surface area contributed by atoms with Crippen LogP contribution in [-0.2, 0) is 6.42 Å². The number of nitrogens with zero attached hydrogens (tertiary/aromatic N) is 1. The van der Waals surface area contributed by atoms with Gasteiger partial charge in [0, 0.05) is 13.1 Å². The second kappa shape index (κ2) is 5.63. The maximum atomic E-state index is 11.4. The van der Waals surface area contributed by atoms with Crippen molar-refractivity contribution in [3.8, 4) is 0 Å². The number of aliphatic hydroxyl groups is 1. The van der Waals surface area contributed by atoms with Gasteiger partial charge >= 0.3 is 0 Å². The molecule has 1 fully saturated rings. The summed E-state index contributed by atoms with van der Waals surface area (Å²) in [5, 5.41) is 11.4. The minimum atomic E-state index is -0.722. The van der Waals surface area contributed by atoms with Crippen LogP contribution < -0.4 is 0 Å². The molecular formula is C21H23NO. The molecule has 1 aliphatic heterocycles. The Labute approximate surface area is 138 Å². The summed E-state index contributed by atoms with van der Waals surface area (Å²) in [4.78, 5) is 2.30. The van der Waals surface area contributed by atoms with Crippen LogP contribution in [0.25, 0.3) is 11.6 Å². The molecule has 0 saturated carbocycles. The van der Waals surface area contributed by atoms with E-state index in [0.717, 1.165) is 37.9 Å². The van der Waals surface area contributed by atoms with Gasteiger partial charge in [-0.05, 0) is 60.2 Å². The third kappa shape index (κ3) is 2.62. The van der Waals surface area contributed by atoms with Gasteiger partial charge in [-0.25, -0.2) is 0 Å². The predicted molar refractivity (Wildman–Crippen MR) is 95.2 cm³/mol. The summed E-state index contributed by atoms with van der Waals surface area (Å²) in [6.45, 7) is 1.88. The lowest BCUT2D eigenvalue weighted by Crippen LogP contribution is -2.43. The van der Waals surface area contributed by atoms with Gasteiger partial charge in [0.1, 0.15) is 0 Å². The third-order valence-electron chi connectivity index (χ3n) is 5.36. The van der Waals surface area contributed by atoms with E-state index in [2.05, 4.69) is 66.6 Å². The highest BCUT2D eigenvalue weighted by Crippen LogP contribution is 2.41. The van der Waals surface area contributed by atoms with Crippen molar-refractivity contribution in [3.05, 3.63) is 70.8 Å². The quantitative estimate of drug-likeness (QED) is 0.870. The van der Waals surface area contributed by atoms with Crippen LogP contribution in [0.4, 0.5) is 0 Å². The zero-order chi connectivity index (χ0) is 15.9. The van der Waals surface area contributed by atoms with Crippen molar-refractivity contribution in [1.29, 1.82) is 0 Å². The fourth-order valence-corrected chi connectivity index (χ4v) is 3.85. The van der Waals surface area contributed by atoms with Gasteiger partial charge in [-0.3, -0.25) is 0 Å². The van der Waals surface area contributed by atoms with Crippen LogP contribution in [0.3, 0.4) is 0 Å². The van der Waals surface area contributed by atoms with Gasteiger partial charge in [-0.2, -0.15) is 0 Å². The monoisotopic (exact) mass is 305 g/mol. The van der Waals surface area contributed by atoms with Crippen molar-refractivity contribution in [2.75, 3.05) is 20.1 Å². The Bertz CT molecular complexity index is 754. The summed E-state index contributed by atoms with van der Waals surface area (Å²) >= 11 is 0. The SMILES string of the molecule is CN1CCC(O)(C2=Cc3ccccc3Cc3ccccc32)CC1. The Morgan fingerprint density at radius 1 is 0.913 bits per heavy atom. The molecule has 0 atom stereocenters. The number of hydrogen-bond acceptors (Lipinski definition) is 2. The topological polar surface area (TPSA) is 23.5 Å². The highest BCUT2D eigenvalue weighted by Gasteiger charge is 2.37. The smallest absolute Gasteiger partial charge is 0.0927 e. The van der Waals surface area contributed by atoms with Gasteiger partial charge in [-0.15, -0.1) is 0 Å². The largest absolute Gasteiger partial charge is 0.385 e. The summed E-state index contributed by atoms with van der Waals surface area (Å²) in [6, 6.07) is 17.1. The zero-order valence-corrected chi connectivity index (χ0v) is 13.6. The van der Waals surface area contributed by atoms with E-state index in [9.17, 15) is 5.11 Å². The Balaban J connectivity index is 1.88. The lowest BCUT2D eigenvalue weighted by Gasteiger charge is -2.38. The van der Waals surface area contributed by atoms with E-state index in [1.807, 2.05) is 0 Å². The summed E-state index contributed by atoms with van der Waals surface area (Å²) in [5.74, 6) is 0. The van der Waals surface area contributed by atoms with E-state index in [4.69, 9.17) is 0 Å². The number of fused-ring (bicyclic) bond motifs is 2. The number of hydrogen-bond donors (Lipinski definition) is 1. The van der Waals surface area contributed by atoms with E-state index in [1.165, 1.54) is 22.3 Å². The molecule has 2 aliphatic rings. The molecule has 2 aromatic carbocycles. The Hall–Kier alpha value is -1.90. The third-order valence-corrected chi connectivity index (χ3v) is 5.36. The molecule has 2 aromatic rings. The maximum Gasteiger partial charge on any atom is 0.0927 e. The molecule has 23 heavy (non-hydrogen) atoms. The first-order valence-corrected chi connectivity index (χ1v) is 8.45. The van der Waals surface area contributed by atoms with Crippen LogP contribution in [0.1, 0.15) is 35.1 Å². The van der Waals surface area contributed by atoms with Crippen molar-refractivity contribution in [2.24, 2.45) is 0 Å². The van der Waals surface area contributed by atoms with Crippen LogP contribution in [0, 0.1) is 0 Å². The number of piperidine rings is 1. The number of benzene rings is 2. The number of rotatable bonds is 1. The van der Waals surface area contributed by atoms with Crippen LogP contribution in [0.2, 0.25) is 0 Å². The fraction of sp³-hybridized carbons (Fsp3) is 0.333. The Kier molecular flexibility index (Phi) is 3.59. The van der Waals surface area contributed by atoms with Gasteiger partial charge in [0.15, 0.2) is 0 Å². The second-order valence-electron chi connectivity index (χ2n) is 6.93. The van der Waals surface area contributed by atoms with E-state index in [1.54, 1.807) is 0 Å². The fourth-order valence-electron chi connectivity index (χ4n) is 3.85. The molecular weight excluding hydrogens is 282 g/mol. The van der Waals surface area contributed by atoms with Crippen molar-refractivity contribution in [2.45, 2.75) is 24.9 Å². The average Bonchev–Trinajstić information content (AvgIpc) is 2.75. The van der Waals surface area contributed by atoms with Gasteiger partial charge in [0.05, 0.1) is 5.60 Å². The normalized spacial score (nSPS) is 20.2. The van der Waals surface area contributed by atoms with Crippen LogP contribution in [0.15, 0.2) is 48.5 Å².